The number of amides is 1. The zero-order chi connectivity index (χ0) is 19.0. The number of rotatable bonds is 4. The number of fused-ring (bicyclic) bond motifs is 1. The van der Waals surface area contributed by atoms with Crippen LogP contribution >= 0.6 is 0 Å². The lowest BCUT2D eigenvalue weighted by Crippen LogP contribution is -2.29. The Balaban J connectivity index is 1.64. The Morgan fingerprint density at radius 2 is 2.37 bits per heavy atom. The molecule has 0 radical (unpaired) electrons. The molecule has 3 heterocycles. The van der Waals surface area contributed by atoms with E-state index in [4.69, 9.17) is 15.1 Å². The lowest BCUT2D eigenvalue weighted by atomic mass is 9.79. The van der Waals surface area contributed by atoms with Crippen LogP contribution < -0.4 is 16.5 Å². The van der Waals surface area contributed by atoms with E-state index in [-0.39, 0.29) is 17.5 Å². The van der Waals surface area contributed by atoms with Crippen molar-refractivity contribution < 1.29 is 19.2 Å². The van der Waals surface area contributed by atoms with Gasteiger partial charge in [0.15, 0.2) is 5.82 Å². The fraction of sp³-hybridized carbons (Fsp3) is 0.353. The molecule has 9 nitrogen and oxygen atoms in total. The predicted molar refractivity (Wildman–Crippen MR) is 96.4 cm³/mol. The van der Waals surface area contributed by atoms with Crippen molar-refractivity contribution in [3.63, 3.8) is 0 Å². The number of nitrogens with zero attached hydrogens (tertiary/aromatic N) is 3. The molecule has 1 aromatic heterocycles. The molecule has 1 fully saturated rings. The zero-order valence-corrected chi connectivity index (χ0v) is 14.5. The number of nitriles is 1. The number of nitrogens with one attached hydrogen (secondary N) is 1. The number of hydrogen-bond donors (Lipinski definition) is 3. The van der Waals surface area contributed by atoms with E-state index in [1.807, 2.05) is 6.07 Å². The molecular formula is C17H18BN5O4. The summed E-state index contributed by atoms with van der Waals surface area (Å²) in [5.41, 5.74) is 8.01. The first-order valence-electron chi connectivity index (χ1n) is 8.62. The molecule has 1 aromatic carbocycles. The van der Waals surface area contributed by atoms with Crippen LogP contribution in [0.2, 0.25) is 0 Å². The van der Waals surface area contributed by atoms with Crippen molar-refractivity contribution in [3.8, 4) is 6.07 Å². The highest BCUT2D eigenvalue weighted by Crippen LogP contribution is 2.29. The summed E-state index contributed by atoms with van der Waals surface area (Å²) in [6.07, 6.45) is 2.16. The normalized spacial score (nSPS) is 21.6. The highest BCUT2D eigenvalue weighted by Gasteiger charge is 2.30. The van der Waals surface area contributed by atoms with E-state index in [1.54, 1.807) is 23.0 Å². The molecule has 4 N–H and O–H groups in total. The molecule has 2 aromatic rings. The minimum absolute atomic E-state index is 0.231. The smallest absolute Gasteiger partial charge is 0.423 e. The van der Waals surface area contributed by atoms with Crippen LogP contribution in [-0.4, -0.2) is 41.0 Å². The van der Waals surface area contributed by atoms with E-state index < -0.39 is 13.0 Å². The Bertz CT molecular complexity index is 925. The number of ether oxygens (including phenoxy) is 1. The van der Waals surface area contributed by atoms with Gasteiger partial charge in [-0.1, -0.05) is 6.07 Å². The van der Waals surface area contributed by atoms with Crippen molar-refractivity contribution in [2.45, 2.75) is 19.1 Å². The molecule has 0 saturated carbocycles. The maximum absolute atomic E-state index is 11.9. The number of carbonyl (C=O) groups excluding carboxylic acids is 1. The van der Waals surface area contributed by atoms with Gasteiger partial charge in [0.05, 0.1) is 31.2 Å². The fourth-order valence-electron chi connectivity index (χ4n) is 3.41. The first-order valence-corrected chi connectivity index (χ1v) is 8.62. The lowest BCUT2D eigenvalue weighted by molar-refractivity contribution is 0.0342. The standard InChI is InChI=1S/C17H18BN5O4/c19-6-10-3-4-26-9-15(10)23-7-13(16(20)24)17(22-23)21-12-1-2-14-11(5-12)8-27-18(14)25/h1-2,5,7,10,15,25H,3-4,8-9H2,(H2,20,24)(H,21,22). The second-order valence-electron chi connectivity index (χ2n) is 6.60. The maximum atomic E-state index is 11.9. The summed E-state index contributed by atoms with van der Waals surface area (Å²) in [5.74, 6) is -0.552. The zero-order valence-electron chi connectivity index (χ0n) is 14.5. The van der Waals surface area contributed by atoms with E-state index in [0.717, 1.165) is 11.0 Å². The van der Waals surface area contributed by atoms with Crippen molar-refractivity contribution in [2.24, 2.45) is 11.7 Å². The van der Waals surface area contributed by atoms with Crippen LogP contribution in [0.25, 0.3) is 0 Å². The van der Waals surface area contributed by atoms with Gasteiger partial charge in [0.2, 0.25) is 0 Å². The lowest BCUT2D eigenvalue weighted by Gasteiger charge is -2.26. The molecule has 138 valence electrons. The van der Waals surface area contributed by atoms with Crippen LogP contribution in [0.15, 0.2) is 24.4 Å². The average Bonchev–Trinajstić information content (AvgIpc) is 3.25. The SMILES string of the molecule is N#CC1CCOCC1n1cc(C(N)=O)c(Nc2ccc3c(c2)COB3O)n1. The Labute approximate surface area is 155 Å². The number of carbonyl (C=O) groups is 1. The van der Waals surface area contributed by atoms with E-state index in [2.05, 4.69) is 16.5 Å². The van der Waals surface area contributed by atoms with Crippen molar-refractivity contribution in [2.75, 3.05) is 18.5 Å². The van der Waals surface area contributed by atoms with Gasteiger partial charge in [0.25, 0.3) is 5.91 Å². The second kappa shape index (κ2) is 7.04. The van der Waals surface area contributed by atoms with Gasteiger partial charge in [-0.25, -0.2) is 0 Å². The molecule has 2 aliphatic rings. The van der Waals surface area contributed by atoms with E-state index >= 15 is 0 Å². The summed E-state index contributed by atoms with van der Waals surface area (Å²) >= 11 is 0. The second-order valence-corrected chi connectivity index (χ2v) is 6.60. The van der Waals surface area contributed by atoms with Gasteiger partial charge in [0, 0.05) is 18.5 Å². The van der Waals surface area contributed by atoms with Crippen molar-refractivity contribution >= 4 is 30.0 Å². The van der Waals surface area contributed by atoms with Crippen molar-refractivity contribution in [3.05, 3.63) is 35.5 Å². The Hall–Kier alpha value is -2.87. The maximum Gasteiger partial charge on any atom is 0.491 e. The Kier molecular flexibility index (Phi) is 4.57. The molecule has 0 aliphatic carbocycles. The molecular weight excluding hydrogens is 349 g/mol. The highest BCUT2D eigenvalue weighted by molar-refractivity contribution is 6.61. The van der Waals surface area contributed by atoms with E-state index in [1.165, 1.54) is 0 Å². The summed E-state index contributed by atoms with van der Waals surface area (Å²) < 4.78 is 12.2. The summed E-state index contributed by atoms with van der Waals surface area (Å²) in [7, 11) is -0.913. The molecule has 27 heavy (non-hydrogen) atoms. The molecule has 2 unspecified atom stereocenters. The molecule has 0 spiro atoms. The van der Waals surface area contributed by atoms with E-state index in [9.17, 15) is 15.1 Å². The first-order chi connectivity index (χ1) is 13.1. The molecule has 1 amide bonds. The first kappa shape index (κ1) is 17.5. The molecule has 2 aliphatic heterocycles. The van der Waals surface area contributed by atoms with Crippen LogP contribution in [0.3, 0.4) is 0 Å². The monoisotopic (exact) mass is 367 g/mol. The van der Waals surface area contributed by atoms with Crippen molar-refractivity contribution in [1.29, 1.82) is 5.26 Å². The largest absolute Gasteiger partial charge is 0.491 e. The third kappa shape index (κ3) is 3.28. The predicted octanol–water partition coefficient (Wildman–Crippen LogP) is 0.0445. The molecule has 0 bridgehead atoms. The third-order valence-corrected chi connectivity index (χ3v) is 4.90. The van der Waals surface area contributed by atoms with Crippen LogP contribution in [-0.2, 0) is 16.0 Å². The topological polar surface area (TPSA) is 135 Å². The highest BCUT2D eigenvalue weighted by atomic mass is 16.5. The number of hydrogen-bond acceptors (Lipinski definition) is 7. The van der Waals surface area contributed by atoms with Gasteiger partial charge in [-0.3, -0.25) is 9.48 Å². The van der Waals surface area contributed by atoms with Gasteiger partial charge < -0.3 is 25.5 Å². The molecule has 4 rings (SSSR count). The van der Waals surface area contributed by atoms with Gasteiger partial charge >= 0.3 is 7.12 Å². The number of aromatic nitrogens is 2. The molecule has 10 heteroatoms. The number of nitrogens with two attached hydrogens (primary N) is 1. The Morgan fingerprint density at radius 3 is 3.15 bits per heavy atom. The minimum Gasteiger partial charge on any atom is -0.423 e. The van der Waals surface area contributed by atoms with Gasteiger partial charge in [-0.15, -0.1) is 0 Å². The van der Waals surface area contributed by atoms with Crippen LogP contribution in [0, 0.1) is 17.2 Å². The van der Waals surface area contributed by atoms with Gasteiger partial charge in [-0.2, -0.15) is 10.4 Å². The van der Waals surface area contributed by atoms with Crippen molar-refractivity contribution in [1.82, 2.24) is 9.78 Å². The quantitative estimate of drug-likeness (QED) is 0.650. The summed E-state index contributed by atoms with van der Waals surface area (Å²) in [4.78, 5) is 11.9. The minimum atomic E-state index is -0.913. The number of benzene rings is 1. The summed E-state index contributed by atoms with van der Waals surface area (Å²) in [6.45, 7) is 1.20. The Morgan fingerprint density at radius 1 is 1.52 bits per heavy atom. The number of anilines is 2. The third-order valence-electron chi connectivity index (χ3n) is 4.90. The van der Waals surface area contributed by atoms with Crippen LogP contribution in [0.4, 0.5) is 11.5 Å². The summed E-state index contributed by atoms with van der Waals surface area (Å²) in [6, 6.07) is 7.36. The average molecular weight is 367 g/mol. The summed E-state index contributed by atoms with van der Waals surface area (Å²) in [5, 5.41) is 26.6. The molecule has 2 atom stereocenters. The van der Waals surface area contributed by atoms with Gasteiger partial charge in [0.1, 0.15) is 5.56 Å². The van der Waals surface area contributed by atoms with Crippen LogP contribution in [0.5, 0.6) is 0 Å². The fourth-order valence-corrected chi connectivity index (χ4v) is 3.41. The number of primary amides is 1. The van der Waals surface area contributed by atoms with E-state index in [0.29, 0.717) is 37.7 Å². The molecule has 1 saturated heterocycles. The van der Waals surface area contributed by atoms with Crippen LogP contribution in [0.1, 0.15) is 28.4 Å². The van der Waals surface area contributed by atoms with Gasteiger partial charge in [-0.05, 0) is 29.6 Å².